The van der Waals surface area contributed by atoms with E-state index >= 15 is 0 Å². The number of aryl methyl sites for hydroxylation is 2. The molecule has 0 bridgehead atoms. The molecule has 0 aliphatic rings. The second-order valence-electron chi connectivity index (χ2n) is 14.8. The molecule has 0 saturated heterocycles. The van der Waals surface area contributed by atoms with Gasteiger partial charge < -0.3 is 9.13 Å². The first kappa shape index (κ1) is 34.3. The summed E-state index contributed by atoms with van der Waals surface area (Å²) in [6, 6.07) is 63.0. The summed E-state index contributed by atoms with van der Waals surface area (Å²) in [6.07, 6.45) is 0. The summed E-state index contributed by atoms with van der Waals surface area (Å²) in [5.74, 6) is 0. The summed E-state index contributed by atoms with van der Waals surface area (Å²) in [6.45, 7) is 4.25. The quantitative estimate of drug-likeness (QED) is 0.176. The van der Waals surface area contributed by atoms with Crippen LogP contribution in [0.1, 0.15) is 27.8 Å². The molecule has 2 aromatic heterocycles. The van der Waals surface area contributed by atoms with Gasteiger partial charge in [0.05, 0.1) is 68.3 Å². The average molecular weight is 740 g/mol. The maximum absolute atomic E-state index is 10.9. The number of benzene rings is 8. The van der Waals surface area contributed by atoms with Crippen molar-refractivity contribution in [2.24, 2.45) is 0 Å². The van der Waals surface area contributed by atoms with E-state index in [9.17, 15) is 15.8 Å². The maximum Gasteiger partial charge on any atom is 0.0993 e. The number of nitrogens with zero attached hydrogens (tertiary/aromatic N) is 5. The van der Waals surface area contributed by atoms with E-state index in [0.29, 0.717) is 22.3 Å². The molecule has 2 heterocycles. The van der Waals surface area contributed by atoms with Crippen LogP contribution in [0, 0.1) is 47.8 Å². The van der Waals surface area contributed by atoms with Gasteiger partial charge in [0.25, 0.3) is 0 Å². The summed E-state index contributed by atoms with van der Waals surface area (Å²) < 4.78 is 4.51. The van der Waals surface area contributed by atoms with Crippen molar-refractivity contribution in [1.29, 1.82) is 15.8 Å². The normalized spacial score (nSPS) is 11.2. The van der Waals surface area contributed by atoms with Crippen molar-refractivity contribution in [3.05, 3.63) is 192 Å². The highest BCUT2D eigenvalue weighted by Crippen LogP contribution is 2.44. The molecule has 0 aliphatic heterocycles. The van der Waals surface area contributed by atoms with Crippen molar-refractivity contribution in [3.63, 3.8) is 0 Å². The Labute approximate surface area is 335 Å². The molecule has 58 heavy (non-hydrogen) atoms. The minimum Gasteiger partial charge on any atom is -0.308 e. The number of hydrogen-bond acceptors (Lipinski definition) is 3. The third-order valence-corrected chi connectivity index (χ3v) is 11.4. The lowest BCUT2D eigenvalue weighted by molar-refractivity contribution is 1.13. The van der Waals surface area contributed by atoms with Gasteiger partial charge in [-0.15, -0.1) is 0 Å². The first-order valence-corrected chi connectivity index (χ1v) is 19.2. The molecule has 5 nitrogen and oxygen atoms in total. The van der Waals surface area contributed by atoms with Crippen molar-refractivity contribution >= 4 is 43.6 Å². The molecule has 270 valence electrons. The van der Waals surface area contributed by atoms with Crippen LogP contribution in [0.4, 0.5) is 0 Å². The van der Waals surface area contributed by atoms with Crippen molar-refractivity contribution in [1.82, 2.24) is 9.13 Å². The maximum atomic E-state index is 10.9. The van der Waals surface area contributed by atoms with E-state index in [1.807, 2.05) is 36.4 Å². The highest BCUT2D eigenvalue weighted by molar-refractivity contribution is 6.13. The molecule has 0 spiro atoms. The van der Waals surface area contributed by atoms with E-state index in [1.54, 1.807) is 6.07 Å². The van der Waals surface area contributed by atoms with Crippen molar-refractivity contribution < 1.29 is 0 Å². The van der Waals surface area contributed by atoms with Crippen molar-refractivity contribution in [2.45, 2.75) is 13.8 Å². The summed E-state index contributed by atoms with van der Waals surface area (Å²) in [7, 11) is 0. The fourth-order valence-electron chi connectivity index (χ4n) is 8.81. The van der Waals surface area contributed by atoms with E-state index < -0.39 is 0 Å². The second kappa shape index (κ2) is 13.5. The molecule has 5 heteroatoms. The number of aromatic nitrogens is 2. The molecular formula is C53H33N5. The Bertz CT molecular complexity index is 3250. The highest BCUT2D eigenvalue weighted by Gasteiger charge is 2.24. The lowest BCUT2D eigenvalue weighted by atomic mass is 9.95. The van der Waals surface area contributed by atoms with Crippen LogP contribution in [0.3, 0.4) is 0 Å². The van der Waals surface area contributed by atoms with Crippen LogP contribution in [0.5, 0.6) is 0 Å². The van der Waals surface area contributed by atoms with Gasteiger partial charge >= 0.3 is 0 Å². The zero-order valence-corrected chi connectivity index (χ0v) is 31.8. The number of fused-ring (bicyclic) bond motifs is 6. The van der Waals surface area contributed by atoms with Crippen LogP contribution >= 0.6 is 0 Å². The van der Waals surface area contributed by atoms with Gasteiger partial charge in [0.1, 0.15) is 0 Å². The molecule has 0 atom stereocenters. The zero-order valence-electron chi connectivity index (χ0n) is 31.8. The average Bonchev–Trinajstić information content (AvgIpc) is 3.78. The molecule has 10 aromatic rings. The SMILES string of the molecule is Cc1ccccc1-c1ccc2c3ccccc3n(-c3cc(C#N)cc(-n4c5ccccc5c5ccc(-c6ccccc6C)cc54)c3-c3cc(C#N)cc(C#N)c3)c2c1. The van der Waals surface area contributed by atoms with Gasteiger partial charge in [-0.1, -0.05) is 109 Å². The smallest absolute Gasteiger partial charge is 0.0993 e. The molecule has 0 N–H and O–H groups in total. The van der Waals surface area contributed by atoms with Gasteiger partial charge in [-0.2, -0.15) is 15.8 Å². The Morgan fingerprint density at radius 3 is 1.21 bits per heavy atom. The Kier molecular flexibility index (Phi) is 8.01. The first-order valence-electron chi connectivity index (χ1n) is 19.2. The van der Waals surface area contributed by atoms with Gasteiger partial charge in [0.2, 0.25) is 0 Å². The van der Waals surface area contributed by atoms with Crippen LogP contribution < -0.4 is 0 Å². The largest absolute Gasteiger partial charge is 0.308 e. The molecule has 10 rings (SSSR count). The summed E-state index contributed by atoms with van der Waals surface area (Å²) >= 11 is 0. The van der Waals surface area contributed by atoms with Crippen molar-refractivity contribution in [2.75, 3.05) is 0 Å². The third kappa shape index (κ3) is 5.36. The molecule has 0 amide bonds. The molecule has 0 aliphatic carbocycles. The number of rotatable bonds is 5. The van der Waals surface area contributed by atoms with Crippen LogP contribution in [-0.2, 0) is 0 Å². The van der Waals surface area contributed by atoms with Gasteiger partial charge in [0, 0.05) is 27.1 Å². The lowest BCUT2D eigenvalue weighted by Gasteiger charge is -2.21. The molecule has 0 unspecified atom stereocenters. The van der Waals surface area contributed by atoms with Crippen LogP contribution in [-0.4, -0.2) is 9.13 Å². The Hall–Kier alpha value is -8.17. The number of nitriles is 3. The van der Waals surface area contributed by atoms with E-state index in [0.717, 1.165) is 82.8 Å². The number of hydrogen-bond donors (Lipinski definition) is 0. The lowest BCUT2D eigenvalue weighted by Crippen LogP contribution is -2.05. The summed E-state index contributed by atoms with van der Waals surface area (Å²) in [5, 5.41) is 35.7. The van der Waals surface area contributed by atoms with Crippen LogP contribution in [0.25, 0.3) is 88.4 Å². The van der Waals surface area contributed by atoms with E-state index in [2.05, 4.69) is 163 Å². The zero-order chi connectivity index (χ0) is 39.5. The molecule has 0 saturated carbocycles. The predicted octanol–water partition coefficient (Wildman–Crippen LogP) is 13.1. The second-order valence-corrected chi connectivity index (χ2v) is 14.8. The topological polar surface area (TPSA) is 81.2 Å². The summed E-state index contributed by atoms with van der Waals surface area (Å²) in [5.41, 5.74) is 15.0. The summed E-state index contributed by atoms with van der Waals surface area (Å²) in [4.78, 5) is 0. The predicted molar refractivity (Wildman–Crippen MR) is 235 cm³/mol. The standard InChI is InChI=1S/C53H33N5/c1-33-11-3-5-13-41(33)38-19-21-45-43-15-7-9-17-47(43)57(49(45)28-38)51-26-37(32-56)27-52(53(51)40-24-35(30-54)23-36(25-40)31-55)58-48-18-10-8-16-44(48)46-22-20-39(29-50(46)58)42-14-6-4-12-34(42)2/h3-29H,1-2H3. The fraction of sp³-hybridized carbons (Fsp3) is 0.0377. The highest BCUT2D eigenvalue weighted by atomic mass is 15.0. The van der Waals surface area contributed by atoms with Gasteiger partial charge in [-0.05, 0) is 107 Å². The van der Waals surface area contributed by atoms with E-state index in [1.165, 1.54) is 11.1 Å². The third-order valence-electron chi connectivity index (χ3n) is 11.4. The Morgan fingerprint density at radius 2 is 0.759 bits per heavy atom. The van der Waals surface area contributed by atoms with Gasteiger partial charge in [-0.3, -0.25) is 0 Å². The fourth-order valence-corrected chi connectivity index (χ4v) is 8.81. The minimum absolute atomic E-state index is 0.378. The Morgan fingerprint density at radius 1 is 0.362 bits per heavy atom. The van der Waals surface area contributed by atoms with Crippen LogP contribution in [0.15, 0.2) is 164 Å². The van der Waals surface area contributed by atoms with Gasteiger partial charge in [0.15, 0.2) is 0 Å². The van der Waals surface area contributed by atoms with Gasteiger partial charge in [-0.25, -0.2) is 0 Å². The minimum atomic E-state index is 0.378. The molecular weight excluding hydrogens is 707 g/mol. The van der Waals surface area contributed by atoms with Crippen molar-refractivity contribution in [3.8, 4) is 63.0 Å². The molecule has 8 aromatic carbocycles. The van der Waals surface area contributed by atoms with E-state index in [-0.39, 0.29) is 0 Å². The van der Waals surface area contributed by atoms with E-state index in [4.69, 9.17) is 0 Å². The Balaban J connectivity index is 1.40. The molecule has 0 radical (unpaired) electrons. The number of para-hydroxylation sites is 2. The molecule has 0 fully saturated rings. The monoisotopic (exact) mass is 739 g/mol. The van der Waals surface area contributed by atoms with Crippen LogP contribution in [0.2, 0.25) is 0 Å². The first-order chi connectivity index (χ1) is 28.4.